The smallest absolute Gasteiger partial charge is 0.249 e. The highest BCUT2D eigenvalue weighted by Gasteiger charge is 2.80. The summed E-state index contributed by atoms with van der Waals surface area (Å²) in [7, 11) is 0. The van der Waals surface area contributed by atoms with E-state index in [1.807, 2.05) is 32.6 Å². The van der Waals surface area contributed by atoms with Gasteiger partial charge in [0.25, 0.3) is 0 Å². The summed E-state index contributed by atoms with van der Waals surface area (Å²) in [5.41, 5.74) is -2.68. The average molecular weight is 602 g/mol. The molecule has 0 aromatic carbocycles. The van der Waals surface area contributed by atoms with Crippen molar-refractivity contribution in [2.45, 2.75) is 124 Å². The summed E-state index contributed by atoms with van der Waals surface area (Å²) in [6.07, 6.45) is 5.98. The SMILES string of the molecule is C=CCN(CCC)C(=O)[C@@H]1[C@H]2C(=O)N([C@@H](CO)CC(C)C)C(C(=O)N(CC=C)C(C)(C)CC(C)(C)C)C23CC(C)[C@@]1(C)O3. The van der Waals surface area contributed by atoms with Crippen LogP contribution in [0.2, 0.25) is 0 Å². The quantitative estimate of drug-likeness (QED) is 0.281. The molecule has 3 aliphatic rings. The Balaban J connectivity index is 2.25. The van der Waals surface area contributed by atoms with Crippen molar-refractivity contribution in [3.8, 4) is 0 Å². The highest BCUT2D eigenvalue weighted by atomic mass is 16.5. The molecule has 1 spiro atoms. The summed E-state index contributed by atoms with van der Waals surface area (Å²) in [5, 5.41) is 10.7. The Morgan fingerprint density at radius 3 is 2.23 bits per heavy atom. The highest BCUT2D eigenvalue weighted by molar-refractivity contribution is 5.99. The van der Waals surface area contributed by atoms with Gasteiger partial charge in [0.2, 0.25) is 17.7 Å². The van der Waals surface area contributed by atoms with Crippen LogP contribution in [0, 0.1) is 29.1 Å². The van der Waals surface area contributed by atoms with E-state index in [2.05, 4.69) is 54.7 Å². The molecule has 3 saturated heterocycles. The molecule has 0 aromatic heterocycles. The number of hydrogen-bond donors (Lipinski definition) is 1. The number of fused-ring (bicyclic) bond motifs is 1. The molecule has 0 radical (unpaired) electrons. The zero-order chi connectivity index (χ0) is 32.7. The predicted molar refractivity (Wildman–Crippen MR) is 171 cm³/mol. The lowest BCUT2D eigenvalue weighted by Crippen LogP contribution is -2.62. The molecule has 3 unspecified atom stereocenters. The van der Waals surface area contributed by atoms with Crippen molar-refractivity contribution in [3.63, 3.8) is 0 Å². The fourth-order valence-electron chi connectivity index (χ4n) is 8.76. The Kier molecular flexibility index (Phi) is 10.4. The molecule has 1 N–H and O–H groups in total. The first-order valence-electron chi connectivity index (χ1n) is 16.3. The summed E-state index contributed by atoms with van der Waals surface area (Å²) in [5.74, 6) is -1.99. The summed E-state index contributed by atoms with van der Waals surface area (Å²) in [4.78, 5) is 49.5. The fourth-order valence-corrected chi connectivity index (χ4v) is 8.76. The number of ether oxygens (including phenoxy) is 1. The third kappa shape index (κ3) is 6.20. The summed E-state index contributed by atoms with van der Waals surface area (Å²) < 4.78 is 7.01. The van der Waals surface area contributed by atoms with Gasteiger partial charge in [-0.25, -0.2) is 0 Å². The van der Waals surface area contributed by atoms with Gasteiger partial charge in [0.15, 0.2) is 0 Å². The molecule has 3 rings (SSSR count). The van der Waals surface area contributed by atoms with E-state index in [1.54, 1.807) is 22.0 Å². The van der Waals surface area contributed by atoms with Crippen molar-refractivity contribution >= 4 is 17.7 Å². The van der Waals surface area contributed by atoms with Gasteiger partial charge in [-0.05, 0) is 63.7 Å². The molecule has 0 aliphatic carbocycles. The lowest BCUT2D eigenvalue weighted by molar-refractivity contribution is -0.161. The molecule has 3 amide bonds. The van der Waals surface area contributed by atoms with Crippen LogP contribution in [-0.2, 0) is 19.1 Å². The number of aliphatic hydroxyl groups is 1. The molecular formula is C35H59N3O5. The van der Waals surface area contributed by atoms with Gasteiger partial charge in [0, 0.05) is 25.2 Å². The number of rotatable bonds is 14. The first-order valence-corrected chi connectivity index (χ1v) is 16.3. The number of likely N-dealkylation sites (tertiary alicyclic amines) is 1. The molecule has 0 saturated carbocycles. The standard InChI is InChI=1S/C35H59N3O5/c1-13-16-36(17-14-2)29(40)26-27-30(41)38(25(21-39)19-23(4)5)28(35(27)20-24(6)34(26,12)43-35)31(42)37(18-15-3)33(10,11)22-32(7,8)9/h13,15,23-28,39H,1,3,14,16-22H2,2,4-12H3/t24?,25-,26+,27+,28?,34-,35?/m1/s1. The number of carbonyl (C=O) groups is 3. The van der Waals surface area contributed by atoms with E-state index in [4.69, 9.17) is 4.74 Å². The molecule has 3 fully saturated rings. The van der Waals surface area contributed by atoms with Crippen LogP contribution < -0.4 is 0 Å². The van der Waals surface area contributed by atoms with Crippen LogP contribution in [0.15, 0.2) is 25.3 Å². The Bertz CT molecular complexity index is 1080. The van der Waals surface area contributed by atoms with Gasteiger partial charge in [0.05, 0.1) is 30.1 Å². The van der Waals surface area contributed by atoms with Crippen LogP contribution in [0.3, 0.4) is 0 Å². The second-order valence-electron chi connectivity index (χ2n) is 15.8. The first kappa shape index (κ1) is 35.3. The summed E-state index contributed by atoms with van der Waals surface area (Å²) in [6.45, 7) is 29.5. The molecule has 244 valence electrons. The topological polar surface area (TPSA) is 90.4 Å². The third-order valence-corrected chi connectivity index (χ3v) is 10.0. The van der Waals surface area contributed by atoms with E-state index >= 15 is 4.79 Å². The number of nitrogens with zero attached hydrogens (tertiary/aromatic N) is 3. The lowest BCUT2D eigenvalue weighted by Gasteiger charge is -2.46. The van der Waals surface area contributed by atoms with E-state index in [1.165, 1.54) is 0 Å². The van der Waals surface area contributed by atoms with Gasteiger partial charge in [-0.1, -0.05) is 60.6 Å². The van der Waals surface area contributed by atoms with Crippen molar-refractivity contribution < 1.29 is 24.2 Å². The predicted octanol–water partition coefficient (Wildman–Crippen LogP) is 5.06. The molecule has 0 aromatic rings. The lowest BCUT2D eigenvalue weighted by atomic mass is 9.62. The Labute approximate surface area is 260 Å². The minimum Gasteiger partial charge on any atom is -0.394 e. The van der Waals surface area contributed by atoms with E-state index < -0.39 is 40.7 Å². The highest BCUT2D eigenvalue weighted by Crippen LogP contribution is 2.66. The minimum absolute atomic E-state index is 0.0546. The van der Waals surface area contributed by atoms with E-state index in [-0.39, 0.29) is 41.6 Å². The monoisotopic (exact) mass is 601 g/mol. The van der Waals surface area contributed by atoms with Crippen LogP contribution in [0.5, 0.6) is 0 Å². The Hall–Kier alpha value is -2.19. The Morgan fingerprint density at radius 2 is 1.74 bits per heavy atom. The van der Waals surface area contributed by atoms with Gasteiger partial charge in [0.1, 0.15) is 11.6 Å². The third-order valence-electron chi connectivity index (χ3n) is 10.0. The van der Waals surface area contributed by atoms with Gasteiger partial charge < -0.3 is 24.5 Å². The van der Waals surface area contributed by atoms with Crippen molar-refractivity contribution in [3.05, 3.63) is 25.3 Å². The maximum absolute atomic E-state index is 15.1. The van der Waals surface area contributed by atoms with E-state index in [0.29, 0.717) is 32.5 Å². The van der Waals surface area contributed by atoms with E-state index in [9.17, 15) is 14.7 Å². The summed E-state index contributed by atoms with van der Waals surface area (Å²) in [6, 6.07) is -1.53. The van der Waals surface area contributed by atoms with Gasteiger partial charge in [-0.2, -0.15) is 0 Å². The van der Waals surface area contributed by atoms with Crippen LogP contribution in [0.25, 0.3) is 0 Å². The summed E-state index contributed by atoms with van der Waals surface area (Å²) >= 11 is 0. The maximum Gasteiger partial charge on any atom is 0.249 e. The minimum atomic E-state index is -1.17. The van der Waals surface area contributed by atoms with Crippen LogP contribution in [0.1, 0.15) is 94.9 Å². The molecule has 3 aliphatic heterocycles. The van der Waals surface area contributed by atoms with Crippen molar-refractivity contribution in [2.24, 2.45) is 29.1 Å². The van der Waals surface area contributed by atoms with Crippen molar-refractivity contribution in [2.75, 3.05) is 26.2 Å². The Morgan fingerprint density at radius 1 is 1.14 bits per heavy atom. The number of hydrogen-bond acceptors (Lipinski definition) is 5. The fraction of sp³-hybridized carbons (Fsp3) is 0.800. The van der Waals surface area contributed by atoms with Gasteiger partial charge in [-0.3, -0.25) is 14.4 Å². The van der Waals surface area contributed by atoms with E-state index in [0.717, 1.165) is 12.8 Å². The second kappa shape index (κ2) is 12.7. The molecule has 43 heavy (non-hydrogen) atoms. The van der Waals surface area contributed by atoms with Crippen LogP contribution >= 0.6 is 0 Å². The van der Waals surface area contributed by atoms with Gasteiger partial charge in [-0.15, -0.1) is 13.2 Å². The molecule has 8 heteroatoms. The number of amides is 3. The first-order chi connectivity index (χ1) is 19.9. The zero-order valence-electron chi connectivity index (χ0n) is 28.6. The second-order valence-corrected chi connectivity index (χ2v) is 15.8. The molecule has 2 bridgehead atoms. The molecule has 3 heterocycles. The largest absolute Gasteiger partial charge is 0.394 e. The van der Waals surface area contributed by atoms with Crippen molar-refractivity contribution in [1.82, 2.24) is 14.7 Å². The molecular weight excluding hydrogens is 542 g/mol. The van der Waals surface area contributed by atoms with Crippen molar-refractivity contribution in [1.29, 1.82) is 0 Å². The van der Waals surface area contributed by atoms with Crippen LogP contribution in [-0.4, -0.2) is 92.6 Å². The van der Waals surface area contributed by atoms with Crippen LogP contribution in [0.4, 0.5) is 0 Å². The zero-order valence-corrected chi connectivity index (χ0v) is 28.6. The van der Waals surface area contributed by atoms with Gasteiger partial charge >= 0.3 is 0 Å². The number of carbonyl (C=O) groups excluding carboxylic acids is 3. The normalized spacial score (nSPS) is 30.9. The molecule has 7 atom stereocenters. The average Bonchev–Trinajstić information content (AvgIpc) is 3.40. The molecule has 8 nitrogen and oxygen atoms in total. The number of aliphatic hydroxyl groups excluding tert-OH is 1. The maximum atomic E-state index is 15.1.